The predicted octanol–water partition coefficient (Wildman–Crippen LogP) is 4.89. The van der Waals surface area contributed by atoms with Gasteiger partial charge in [-0.1, -0.05) is 47.5 Å². The van der Waals surface area contributed by atoms with Crippen LogP contribution in [0, 0.1) is 0 Å². The van der Waals surface area contributed by atoms with Gasteiger partial charge < -0.3 is 0 Å². The minimum absolute atomic E-state index is 1.04. The second-order valence-corrected chi connectivity index (χ2v) is 3.57. The molecule has 0 amide bonds. The van der Waals surface area contributed by atoms with Crippen LogP contribution in [-0.2, 0) is 0 Å². The molecule has 0 saturated carbocycles. The van der Waals surface area contributed by atoms with Gasteiger partial charge in [-0.2, -0.15) is 0 Å². The van der Waals surface area contributed by atoms with Crippen molar-refractivity contribution >= 4 is 34.3 Å². The summed E-state index contributed by atoms with van der Waals surface area (Å²) in [6, 6.07) is 8.05. The minimum atomic E-state index is 1.04. The second kappa shape index (κ2) is 5.23. The van der Waals surface area contributed by atoms with Crippen LogP contribution >= 0.6 is 23.2 Å². The van der Waals surface area contributed by atoms with E-state index >= 15 is 0 Å². The highest BCUT2D eigenvalue weighted by atomic mass is 35.5. The number of allylic oxidation sites excluding steroid dienone is 2. The first-order chi connectivity index (χ1) is 6.70. The molecule has 0 radical (unpaired) electrons. The van der Waals surface area contributed by atoms with Crippen molar-refractivity contribution in [2.24, 2.45) is 0 Å². The summed E-state index contributed by atoms with van der Waals surface area (Å²) in [5, 5.41) is 0. The Labute approximate surface area is 94.8 Å². The van der Waals surface area contributed by atoms with E-state index in [-0.39, 0.29) is 0 Å². The number of benzene rings is 1. The lowest BCUT2D eigenvalue weighted by Crippen LogP contribution is -1.87. The van der Waals surface area contributed by atoms with Gasteiger partial charge in [-0.25, -0.2) is 0 Å². The van der Waals surface area contributed by atoms with Gasteiger partial charge in [0.15, 0.2) is 0 Å². The molecule has 0 atom stereocenters. The third-order valence-corrected chi connectivity index (χ3v) is 2.76. The smallest absolute Gasteiger partial charge is 0.00779 e. The zero-order chi connectivity index (χ0) is 10.6. The Bertz CT molecular complexity index is 339. The first-order valence-corrected chi connectivity index (χ1v) is 5.21. The van der Waals surface area contributed by atoms with Gasteiger partial charge in [0.2, 0.25) is 0 Å². The SMILES string of the molecule is C/C(=C/Cl)c1ccccc1/C(C)=C\Cl. The van der Waals surface area contributed by atoms with E-state index in [0.29, 0.717) is 0 Å². The van der Waals surface area contributed by atoms with Gasteiger partial charge in [0.1, 0.15) is 0 Å². The Morgan fingerprint density at radius 3 is 1.57 bits per heavy atom. The van der Waals surface area contributed by atoms with E-state index in [2.05, 4.69) is 0 Å². The van der Waals surface area contributed by atoms with Crippen LogP contribution in [0.3, 0.4) is 0 Å². The van der Waals surface area contributed by atoms with Crippen molar-refractivity contribution in [3.05, 3.63) is 46.5 Å². The average molecular weight is 227 g/mol. The van der Waals surface area contributed by atoms with Crippen LogP contribution < -0.4 is 0 Å². The van der Waals surface area contributed by atoms with Crippen LogP contribution in [0.1, 0.15) is 25.0 Å². The predicted molar refractivity (Wildman–Crippen MR) is 65.5 cm³/mol. The number of hydrogen-bond donors (Lipinski definition) is 0. The summed E-state index contributed by atoms with van der Waals surface area (Å²) < 4.78 is 0. The molecule has 1 rings (SSSR count). The lowest BCUT2D eigenvalue weighted by Gasteiger charge is -2.08. The molecule has 0 spiro atoms. The normalized spacial score (nSPS) is 13.1. The first kappa shape index (κ1) is 11.4. The molecule has 14 heavy (non-hydrogen) atoms. The Morgan fingerprint density at radius 1 is 0.929 bits per heavy atom. The monoisotopic (exact) mass is 226 g/mol. The molecule has 0 aliphatic rings. The molecular weight excluding hydrogens is 215 g/mol. The number of rotatable bonds is 2. The molecule has 74 valence electrons. The number of hydrogen-bond acceptors (Lipinski definition) is 0. The fourth-order valence-corrected chi connectivity index (χ4v) is 1.52. The topological polar surface area (TPSA) is 0 Å². The molecule has 0 aliphatic heterocycles. The number of halogens is 2. The summed E-state index contributed by atoms with van der Waals surface area (Å²) in [5.74, 6) is 0. The highest BCUT2D eigenvalue weighted by Gasteiger charge is 2.04. The Morgan fingerprint density at radius 2 is 1.29 bits per heavy atom. The molecule has 0 N–H and O–H groups in total. The maximum absolute atomic E-state index is 5.69. The maximum Gasteiger partial charge on any atom is 0.00779 e. The highest BCUT2D eigenvalue weighted by molar-refractivity contribution is 6.29. The van der Waals surface area contributed by atoms with Crippen LogP contribution in [-0.4, -0.2) is 0 Å². The van der Waals surface area contributed by atoms with Crippen LogP contribution in [0.25, 0.3) is 11.1 Å². The molecule has 0 fully saturated rings. The summed E-state index contributed by atoms with van der Waals surface area (Å²) in [5.41, 5.74) is 7.50. The zero-order valence-corrected chi connectivity index (χ0v) is 9.73. The van der Waals surface area contributed by atoms with Crippen molar-refractivity contribution in [2.75, 3.05) is 0 Å². The Kier molecular flexibility index (Phi) is 4.24. The van der Waals surface area contributed by atoms with Crippen molar-refractivity contribution in [1.82, 2.24) is 0 Å². The molecule has 0 aliphatic carbocycles. The lowest BCUT2D eigenvalue weighted by molar-refractivity contribution is 1.50. The largest absolute Gasteiger partial charge is 0.0926 e. The van der Waals surface area contributed by atoms with Gasteiger partial charge in [-0.15, -0.1) is 0 Å². The van der Waals surface area contributed by atoms with E-state index in [1.165, 1.54) is 0 Å². The van der Waals surface area contributed by atoms with E-state index < -0.39 is 0 Å². The fourth-order valence-electron chi connectivity index (χ4n) is 1.29. The van der Waals surface area contributed by atoms with Crippen LogP contribution in [0.15, 0.2) is 35.3 Å². The molecule has 1 aromatic carbocycles. The van der Waals surface area contributed by atoms with E-state index in [0.717, 1.165) is 22.3 Å². The summed E-state index contributed by atoms with van der Waals surface area (Å²) in [6.07, 6.45) is 0. The van der Waals surface area contributed by atoms with Gasteiger partial charge in [0.05, 0.1) is 0 Å². The van der Waals surface area contributed by atoms with Gasteiger partial charge in [-0.3, -0.25) is 0 Å². The van der Waals surface area contributed by atoms with E-state index in [1.54, 1.807) is 11.1 Å². The molecule has 0 saturated heterocycles. The molecule has 2 heteroatoms. The standard InChI is InChI=1S/C12H12Cl2/c1-9(7-13)11-5-3-4-6-12(11)10(2)8-14/h3-8H,1-2H3/b9-7-,10-8-. The van der Waals surface area contributed by atoms with Gasteiger partial charge in [-0.05, 0) is 36.1 Å². The third-order valence-electron chi connectivity index (χ3n) is 2.10. The van der Waals surface area contributed by atoms with Crippen molar-refractivity contribution < 1.29 is 0 Å². The van der Waals surface area contributed by atoms with Crippen LogP contribution in [0.5, 0.6) is 0 Å². The van der Waals surface area contributed by atoms with E-state index in [1.807, 2.05) is 38.1 Å². The van der Waals surface area contributed by atoms with Crippen LogP contribution in [0.2, 0.25) is 0 Å². The van der Waals surface area contributed by atoms with Gasteiger partial charge >= 0.3 is 0 Å². The molecule has 0 bridgehead atoms. The van der Waals surface area contributed by atoms with Crippen molar-refractivity contribution in [3.63, 3.8) is 0 Å². The molecule has 0 heterocycles. The third kappa shape index (κ3) is 2.40. The summed E-state index contributed by atoms with van der Waals surface area (Å²) in [7, 11) is 0. The molecule has 0 aromatic heterocycles. The van der Waals surface area contributed by atoms with Crippen LogP contribution in [0.4, 0.5) is 0 Å². The molecule has 1 aromatic rings. The minimum Gasteiger partial charge on any atom is -0.0926 e. The second-order valence-electron chi connectivity index (χ2n) is 3.13. The highest BCUT2D eigenvalue weighted by Crippen LogP contribution is 2.25. The maximum atomic E-state index is 5.69. The molecular formula is C12H12Cl2. The fraction of sp³-hybridized carbons (Fsp3) is 0.167. The Balaban J connectivity index is 3.30. The van der Waals surface area contributed by atoms with Gasteiger partial charge in [0, 0.05) is 11.1 Å². The summed E-state index contributed by atoms with van der Waals surface area (Å²) in [6.45, 7) is 3.96. The summed E-state index contributed by atoms with van der Waals surface area (Å²) in [4.78, 5) is 0. The van der Waals surface area contributed by atoms with Crippen molar-refractivity contribution in [1.29, 1.82) is 0 Å². The van der Waals surface area contributed by atoms with Crippen molar-refractivity contribution in [2.45, 2.75) is 13.8 Å². The Hall–Kier alpha value is -0.720. The zero-order valence-electron chi connectivity index (χ0n) is 8.22. The first-order valence-electron chi connectivity index (χ1n) is 4.34. The average Bonchev–Trinajstić information content (AvgIpc) is 2.27. The molecule has 0 unspecified atom stereocenters. The van der Waals surface area contributed by atoms with Gasteiger partial charge in [0.25, 0.3) is 0 Å². The van der Waals surface area contributed by atoms with Crippen molar-refractivity contribution in [3.8, 4) is 0 Å². The molecule has 0 nitrogen and oxygen atoms in total. The quantitative estimate of drug-likeness (QED) is 0.674. The van der Waals surface area contributed by atoms with E-state index in [4.69, 9.17) is 23.2 Å². The summed E-state index contributed by atoms with van der Waals surface area (Å²) >= 11 is 11.4. The lowest BCUT2D eigenvalue weighted by atomic mass is 9.98. The van der Waals surface area contributed by atoms with E-state index in [9.17, 15) is 0 Å².